The Labute approximate surface area is 178 Å². The molecule has 1 N–H and O–H groups in total. The van der Waals surface area contributed by atoms with Crippen LogP contribution in [-0.2, 0) is 14.8 Å². The van der Waals surface area contributed by atoms with Crippen molar-refractivity contribution in [3.8, 4) is 0 Å². The van der Waals surface area contributed by atoms with Crippen LogP contribution in [-0.4, -0.2) is 27.1 Å². The summed E-state index contributed by atoms with van der Waals surface area (Å²) in [6.45, 7) is 5.82. The standard InChI is InChI=1S/C24H28N2O3S/c1-5-22(20-14-13-17(2)18(3)15-20)25-24(27)16-26(30(4,28)29)23-12-8-10-19-9-6-7-11-21(19)23/h6-15,22H,5,16H2,1-4H3,(H,25,27). The van der Waals surface area contributed by atoms with Crippen LogP contribution in [0.3, 0.4) is 0 Å². The SMILES string of the molecule is CCC(NC(=O)CN(c1cccc2ccccc12)S(C)(=O)=O)c1ccc(C)c(C)c1. The lowest BCUT2D eigenvalue weighted by Gasteiger charge is -2.25. The summed E-state index contributed by atoms with van der Waals surface area (Å²) in [6, 6.07) is 19.0. The molecule has 5 nitrogen and oxygen atoms in total. The molecule has 1 unspecified atom stereocenters. The minimum atomic E-state index is -3.65. The highest BCUT2D eigenvalue weighted by atomic mass is 32.2. The number of carbonyl (C=O) groups excluding carboxylic acids is 1. The molecule has 0 heterocycles. The number of sulfonamides is 1. The van der Waals surface area contributed by atoms with Crippen molar-refractivity contribution in [3.63, 3.8) is 0 Å². The van der Waals surface area contributed by atoms with Gasteiger partial charge in [-0.25, -0.2) is 8.42 Å². The zero-order valence-electron chi connectivity index (χ0n) is 17.8. The molecule has 3 aromatic rings. The van der Waals surface area contributed by atoms with E-state index in [1.165, 1.54) is 9.87 Å². The Morgan fingerprint density at radius 2 is 1.70 bits per heavy atom. The molecule has 0 aromatic heterocycles. The highest BCUT2D eigenvalue weighted by molar-refractivity contribution is 7.92. The van der Waals surface area contributed by atoms with Crippen molar-refractivity contribution in [1.29, 1.82) is 0 Å². The lowest BCUT2D eigenvalue weighted by atomic mass is 9.99. The zero-order chi connectivity index (χ0) is 21.9. The molecule has 0 bridgehead atoms. The summed E-state index contributed by atoms with van der Waals surface area (Å²) in [5, 5.41) is 4.72. The van der Waals surface area contributed by atoms with E-state index in [-0.39, 0.29) is 18.5 Å². The van der Waals surface area contributed by atoms with Crippen molar-refractivity contribution < 1.29 is 13.2 Å². The quantitative estimate of drug-likeness (QED) is 0.608. The first kappa shape index (κ1) is 21.8. The third kappa shape index (κ3) is 4.82. The number of nitrogens with zero attached hydrogens (tertiary/aromatic N) is 1. The van der Waals surface area contributed by atoms with Crippen LogP contribution in [0.25, 0.3) is 10.8 Å². The Balaban J connectivity index is 1.88. The van der Waals surface area contributed by atoms with Crippen LogP contribution >= 0.6 is 0 Å². The molecule has 1 amide bonds. The van der Waals surface area contributed by atoms with Gasteiger partial charge in [-0.1, -0.05) is 61.5 Å². The van der Waals surface area contributed by atoms with Crippen LogP contribution < -0.4 is 9.62 Å². The molecule has 3 aromatic carbocycles. The van der Waals surface area contributed by atoms with Gasteiger partial charge in [-0.15, -0.1) is 0 Å². The second-order valence-electron chi connectivity index (χ2n) is 7.64. The van der Waals surface area contributed by atoms with Crippen molar-refractivity contribution in [1.82, 2.24) is 5.32 Å². The molecule has 3 rings (SSSR count). The minimum Gasteiger partial charge on any atom is -0.348 e. The van der Waals surface area contributed by atoms with E-state index >= 15 is 0 Å². The monoisotopic (exact) mass is 424 g/mol. The van der Waals surface area contributed by atoms with Crippen molar-refractivity contribution in [2.45, 2.75) is 33.2 Å². The van der Waals surface area contributed by atoms with Gasteiger partial charge in [-0.05, 0) is 48.4 Å². The fraction of sp³-hybridized carbons (Fsp3) is 0.292. The third-order valence-electron chi connectivity index (χ3n) is 5.40. The van der Waals surface area contributed by atoms with E-state index in [2.05, 4.69) is 11.4 Å². The smallest absolute Gasteiger partial charge is 0.241 e. The first-order chi connectivity index (χ1) is 14.2. The first-order valence-corrected chi connectivity index (χ1v) is 11.9. The van der Waals surface area contributed by atoms with Gasteiger partial charge in [0.15, 0.2) is 0 Å². The van der Waals surface area contributed by atoms with Gasteiger partial charge in [0.2, 0.25) is 15.9 Å². The Hall–Kier alpha value is -2.86. The molecule has 0 saturated heterocycles. The van der Waals surface area contributed by atoms with Gasteiger partial charge < -0.3 is 5.32 Å². The number of hydrogen-bond acceptors (Lipinski definition) is 3. The molecule has 0 aliphatic carbocycles. The van der Waals surface area contributed by atoms with Gasteiger partial charge in [0.05, 0.1) is 18.0 Å². The topological polar surface area (TPSA) is 66.5 Å². The molecule has 158 valence electrons. The summed E-state index contributed by atoms with van der Waals surface area (Å²) in [5.41, 5.74) is 3.88. The van der Waals surface area contributed by atoms with Crippen molar-refractivity contribution >= 4 is 32.4 Å². The molecule has 0 spiro atoms. The van der Waals surface area contributed by atoms with E-state index in [0.717, 1.165) is 28.2 Å². The second-order valence-corrected chi connectivity index (χ2v) is 9.55. The van der Waals surface area contributed by atoms with E-state index in [0.29, 0.717) is 12.1 Å². The highest BCUT2D eigenvalue weighted by Crippen LogP contribution is 2.28. The van der Waals surface area contributed by atoms with Crippen LogP contribution in [0.1, 0.15) is 36.1 Å². The Morgan fingerprint density at radius 3 is 2.37 bits per heavy atom. The Bertz CT molecular complexity index is 1170. The maximum atomic E-state index is 12.9. The van der Waals surface area contributed by atoms with Crippen LogP contribution in [0.2, 0.25) is 0 Å². The summed E-state index contributed by atoms with van der Waals surface area (Å²) < 4.78 is 26.3. The largest absolute Gasteiger partial charge is 0.348 e. The molecule has 6 heteroatoms. The maximum absolute atomic E-state index is 12.9. The van der Waals surface area contributed by atoms with Gasteiger partial charge >= 0.3 is 0 Å². The van der Waals surface area contributed by atoms with Crippen LogP contribution in [0.5, 0.6) is 0 Å². The summed E-state index contributed by atoms with van der Waals surface area (Å²) in [5.74, 6) is -0.335. The van der Waals surface area contributed by atoms with E-state index in [4.69, 9.17) is 0 Å². The maximum Gasteiger partial charge on any atom is 0.241 e. The number of nitrogens with one attached hydrogen (secondary N) is 1. The molecule has 0 saturated carbocycles. The van der Waals surface area contributed by atoms with Crippen molar-refractivity contribution in [2.75, 3.05) is 17.1 Å². The normalized spacial score (nSPS) is 12.5. The summed E-state index contributed by atoms with van der Waals surface area (Å²) in [4.78, 5) is 12.9. The molecular weight excluding hydrogens is 396 g/mol. The number of carbonyl (C=O) groups is 1. The fourth-order valence-electron chi connectivity index (χ4n) is 3.58. The molecule has 0 radical (unpaired) electrons. The van der Waals surface area contributed by atoms with Crippen LogP contribution in [0.15, 0.2) is 60.7 Å². The lowest BCUT2D eigenvalue weighted by Crippen LogP contribution is -2.41. The highest BCUT2D eigenvalue weighted by Gasteiger charge is 2.24. The average molecular weight is 425 g/mol. The van der Waals surface area contributed by atoms with Crippen LogP contribution in [0.4, 0.5) is 5.69 Å². The first-order valence-electron chi connectivity index (χ1n) is 10.0. The summed E-state index contributed by atoms with van der Waals surface area (Å²) in [6.07, 6.45) is 1.84. The Kier molecular flexibility index (Phi) is 6.46. The predicted octanol–water partition coefficient (Wildman–Crippen LogP) is 4.49. The number of hydrogen-bond donors (Lipinski definition) is 1. The number of benzene rings is 3. The molecule has 0 fully saturated rings. The molecule has 0 aliphatic rings. The van der Waals surface area contributed by atoms with E-state index in [1.807, 2.05) is 63.2 Å². The number of aryl methyl sites for hydroxylation is 2. The predicted molar refractivity (Wildman–Crippen MR) is 123 cm³/mol. The van der Waals surface area contributed by atoms with E-state index in [1.54, 1.807) is 12.1 Å². The minimum absolute atomic E-state index is 0.175. The van der Waals surface area contributed by atoms with Gasteiger partial charge in [-0.3, -0.25) is 9.10 Å². The van der Waals surface area contributed by atoms with Gasteiger partial charge in [0.25, 0.3) is 0 Å². The van der Waals surface area contributed by atoms with Crippen LogP contribution in [0, 0.1) is 13.8 Å². The van der Waals surface area contributed by atoms with Gasteiger partial charge in [0, 0.05) is 5.39 Å². The van der Waals surface area contributed by atoms with Crippen molar-refractivity contribution in [2.24, 2.45) is 0 Å². The number of amides is 1. The number of fused-ring (bicyclic) bond motifs is 1. The zero-order valence-corrected chi connectivity index (χ0v) is 18.7. The summed E-state index contributed by atoms with van der Waals surface area (Å²) in [7, 11) is -3.65. The van der Waals surface area contributed by atoms with Crippen molar-refractivity contribution in [3.05, 3.63) is 77.4 Å². The molecule has 0 aliphatic heterocycles. The average Bonchev–Trinajstić information content (AvgIpc) is 2.71. The molecular formula is C24H28N2O3S. The molecule has 30 heavy (non-hydrogen) atoms. The van der Waals surface area contributed by atoms with Gasteiger partial charge in [0.1, 0.15) is 6.54 Å². The third-order valence-corrected chi connectivity index (χ3v) is 6.53. The van der Waals surface area contributed by atoms with E-state index < -0.39 is 10.0 Å². The Morgan fingerprint density at radius 1 is 1.00 bits per heavy atom. The van der Waals surface area contributed by atoms with E-state index in [9.17, 15) is 13.2 Å². The number of rotatable bonds is 7. The number of anilines is 1. The van der Waals surface area contributed by atoms with Gasteiger partial charge in [-0.2, -0.15) is 0 Å². The lowest BCUT2D eigenvalue weighted by molar-refractivity contribution is -0.120. The second kappa shape index (κ2) is 8.88. The fourth-order valence-corrected chi connectivity index (χ4v) is 4.45. The molecule has 1 atom stereocenters. The summed E-state index contributed by atoms with van der Waals surface area (Å²) >= 11 is 0.